The SMILES string of the molecule is CN=C(NC)NCC[C@@H](C)N(C)Cc1ccccc1. The number of benzene rings is 1. The maximum atomic E-state index is 4.10. The van der Waals surface area contributed by atoms with Crippen LogP contribution in [0.25, 0.3) is 0 Å². The summed E-state index contributed by atoms with van der Waals surface area (Å²) in [5.74, 6) is 0.845. The van der Waals surface area contributed by atoms with Crippen molar-refractivity contribution in [3.8, 4) is 0 Å². The topological polar surface area (TPSA) is 39.7 Å². The molecule has 0 aliphatic carbocycles. The third-order valence-electron chi connectivity index (χ3n) is 3.34. The van der Waals surface area contributed by atoms with Crippen molar-refractivity contribution in [3.05, 3.63) is 35.9 Å². The van der Waals surface area contributed by atoms with Gasteiger partial charge in [-0.15, -0.1) is 0 Å². The fourth-order valence-electron chi connectivity index (χ4n) is 1.93. The Kier molecular flexibility index (Phi) is 6.97. The minimum Gasteiger partial charge on any atom is -0.359 e. The molecule has 0 bridgehead atoms. The molecule has 4 heteroatoms. The van der Waals surface area contributed by atoms with Crippen molar-refractivity contribution in [1.29, 1.82) is 0 Å². The van der Waals surface area contributed by atoms with Gasteiger partial charge in [-0.3, -0.25) is 9.89 Å². The molecule has 0 aliphatic rings. The van der Waals surface area contributed by atoms with Gasteiger partial charge < -0.3 is 10.6 Å². The number of rotatable bonds is 6. The number of nitrogens with one attached hydrogen (secondary N) is 2. The first-order valence-corrected chi connectivity index (χ1v) is 6.80. The van der Waals surface area contributed by atoms with Crippen LogP contribution in [0.3, 0.4) is 0 Å². The largest absolute Gasteiger partial charge is 0.359 e. The summed E-state index contributed by atoms with van der Waals surface area (Å²) in [5, 5.41) is 6.30. The third kappa shape index (κ3) is 5.75. The highest BCUT2D eigenvalue weighted by molar-refractivity contribution is 5.79. The Morgan fingerprint density at radius 1 is 1.32 bits per heavy atom. The molecule has 0 aromatic heterocycles. The van der Waals surface area contributed by atoms with E-state index in [1.807, 2.05) is 7.05 Å². The Balaban J connectivity index is 2.31. The van der Waals surface area contributed by atoms with Crippen LogP contribution in [-0.4, -0.2) is 44.6 Å². The lowest BCUT2D eigenvalue weighted by Gasteiger charge is -2.25. The lowest BCUT2D eigenvalue weighted by Crippen LogP contribution is -2.38. The summed E-state index contributed by atoms with van der Waals surface area (Å²) in [4.78, 5) is 6.47. The second kappa shape index (κ2) is 8.53. The molecular formula is C15H26N4. The molecule has 0 radical (unpaired) electrons. The summed E-state index contributed by atoms with van der Waals surface area (Å²) in [6.07, 6.45) is 1.09. The van der Waals surface area contributed by atoms with Crippen LogP contribution in [0.1, 0.15) is 18.9 Å². The molecule has 0 saturated heterocycles. The standard InChI is InChI=1S/C15H26N4/c1-13(10-11-18-15(16-2)17-3)19(4)12-14-8-6-5-7-9-14/h5-9,13H,10-12H2,1-4H3,(H2,16,17,18)/t13-/m1/s1. The highest BCUT2D eigenvalue weighted by Gasteiger charge is 2.09. The first kappa shape index (κ1) is 15.5. The van der Waals surface area contributed by atoms with Crippen LogP contribution < -0.4 is 10.6 Å². The summed E-state index contributed by atoms with van der Waals surface area (Å²) < 4.78 is 0. The van der Waals surface area contributed by atoms with Crippen molar-refractivity contribution in [2.45, 2.75) is 25.9 Å². The van der Waals surface area contributed by atoms with Crippen LogP contribution >= 0.6 is 0 Å². The van der Waals surface area contributed by atoms with Crippen molar-refractivity contribution >= 4 is 5.96 Å². The molecule has 0 fully saturated rings. The molecule has 0 aliphatic heterocycles. The molecule has 4 nitrogen and oxygen atoms in total. The minimum atomic E-state index is 0.530. The van der Waals surface area contributed by atoms with Gasteiger partial charge in [-0.2, -0.15) is 0 Å². The van der Waals surface area contributed by atoms with Gasteiger partial charge in [-0.25, -0.2) is 0 Å². The predicted octanol–water partition coefficient (Wildman–Crippen LogP) is 1.69. The third-order valence-corrected chi connectivity index (χ3v) is 3.34. The Hall–Kier alpha value is -1.55. The number of hydrogen-bond donors (Lipinski definition) is 2. The lowest BCUT2D eigenvalue weighted by molar-refractivity contribution is 0.238. The van der Waals surface area contributed by atoms with Gasteiger partial charge in [0.1, 0.15) is 0 Å². The summed E-state index contributed by atoms with van der Waals surface area (Å²) in [6.45, 7) is 4.17. The van der Waals surface area contributed by atoms with Crippen LogP contribution in [0.5, 0.6) is 0 Å². The Morgan fingerprint density at radius 2 is 2.00 bits per heavy atom. The zero-order chi connectivity index (χ0) is 14.1. The molecule has 19 heavy (non-hydrogen) atoms. The number of hydrogen-bond acceptors (Lipinski definition) is 2. The van der Waals surface area contributed by atoms with Gasteiger partial charge in [0.15, 0.2) is 5.96 Å². The normalized spacial score (nSPS) is 13.4. The summed E-state index contributed by atoms with van der Waals surface area (Å²) in [7, 11) is 5.83. The van der Waals surface area contributed by atoms with E-state index in [2.05, 4.69) is 64.8 Å². The van der Waals surface area contributed by atoms with Crippen molar-refractivity contribution in [3.63, 3.8) is 0 Å². The van der Waals surface area contributed by atoms with Gasteiger partial charge in [-0.1, -0.05) is 30.3 Å². The smallest absolute Gasteiger partial charge is 0.190 e. The summed E-state index contributed by atoms with van der Waals surface area (Å²) >= 11 is 0. The van der Waals surface area contributed by atoms with Crippen LogP contribution in [0.2, 0.25) is 0 Å². The van der Waals surface area contributed by atoms with E-state index in [0.717, 1.165) is 25.5 Å². The molecule has 0 heterocycles. The molecule has 0 saturated carbocycles. The highest BCUT2D eigenvalue weighted by Crippen LogP contribution is 2.07. The second-order valence-electron chi connectivity index (χ2n) is 4.79. The average Bonchev–Trinajstić information content (AvgIpc) is 2.44. The monoisotopic (exact) mass is 262 g/mol. The van der Waals surface area contributed by atoms with E-state index in [1.54, 1.807) is 7.05 Å². The summed E-state index contributed by atoms with van der Waals surface area (Å²) in [5.41, 5.74) is 1.36. The molecule has 0 amide bonds. The number of nitrogens with zero attached hydrogens (tertiary/aromatic N) is 2. The summed E-state index contributed by atoms with van der Waals surface area (Å²) in [6, 6.07) is 11.1. The molecule has 1 rings (SSSR count). The molecule has 2 N–H and O–H groups in total. The van der Waals surface area contributed by atoms with Gasteiger partial charge in [0, 0.05) is 33.2 Å². The number of aliphatic imine (C=N–C) groups is 1. The van der Waals surface area contributed by atoms with E-state index in [9.17, 15) is 0 Å². The van der Waals surface area contributed by atoms with E-state index in [0.29, 0.717) is 6.04 Å². The fraction of sp³-hybridized carbons (Fsp3) is 0.533. The molecule has 0 unspecified atom stereocenters. The molecular weight excluding hydrogens is 236 g/mol. The minimum absolute atomic E-state index is 0.530. The van der Waals surface area contributed by atoms with E-state index in [-0.39, 0.29) is 0 Å². The van der Waals surface area contributed by atoms with Crippen molar-refractivity contribution in [1.82, 2.24) is 15.5 Å². The zero-order valence-electron chi connectivity index (χ0n) is 12.5. The fourth-order valence-corrected chi connectivity index (χ4v) is 1.93. The maximum Gasteiger partial charge on any atom is 0.190 e. The highest BCUT2D eigenvalue weighted by atomic mass is 15.2. The van der Waals surface area contributed by atoms with E-state index < -0.39 is 0 Å². The van der Waals surface area contributed by atoms with Crippen LogP contribution in [0, 0.1) is 0 Å². The van der Waals surface area contributed by atoms with Crippen molar-refractivity contribution in [2.24, 2.45) is 4.99 Å². The van der Waals surface area contributed by atoms with Gasteiger partial charge in [0.2, 0.25) is 0 Å². The zero-order valence-corrected chi connectivity index (χ0v) is 12.5. The maximum absolute atomic E-state index is 4.10. The predicted molar refractivity (Wildman–Crippen MR) is 82.4 cm³/mol. The quantitative estimate of drug-likeness (QED) is 0.605. The Bertz CT molecular complexity index is 375. The molecule has 0 spiro atoms. The van der Waals surface area contributed by atoms with Gasteiger partial charge in [-0.05, 0) is 26.0 Å². The van der Waals surface area contributed by atoms with Gasteiger partial charge in [0.25, 0.3) is 0 Å². The van der Waals surface area contributed by atoms with E-state index in [1.165, 1.54) is 5.56 Å². The second-order valence-corrected chi connectivity index (χ2v) is 4.79. The molecule has 1 atom stereocenters. The van der Waals surface area contributed by atoms with Crippen LogP contribution in [0.4, 0.5) is 0 Å². The van der Waals surface area contributed by atoms with E-state index >= 15 is 0 Å². The molecule has 106 valence electrons. The Morgan fingerprint density at radius 3 is 2.58 bits per heavy atom. The average molecular weight is 262 g/mol. The van der Waals surface area contributed by atoms with Gasteiger partial charge >= 0.3 is 0 Å². The van der Waals surface area contributed by atoms with Crippen LogP contribution in [0.15, 0.2) is 35.3 Å². The molecule has 1 aromatic carbocycles. The first-order valence-electron chi connectivity index (χ1n) is 6.80. The van der Waals surface area contributed by atoms with E-state index in [4.69, 9.17) is 0 Å². The lowest BCUT2D eigenvalue weighted by atomic mass is 10.1. The van der Waals surface area contributed by atoms with Gasteiger partial charge in [0.05, 0.1) is 0 Å². The van der Waals surface area contributed by atoms with Crippen molar-refractivity contribution < 1.29 is 0 Å². The first-order chi connectivity index (χ1) is 9.17. The van der Waals surface area contributed by atoms with Crippen LogP contribution in [-0.2, 0) is 6.54 Å². The number of guanidine groups is 1. The van der Waals surface area contributed by atoms with Crippen molar-refractivity contribution in [2.75, 3.05) is 27.7 Å². The Labute approximate surface area is 116 Å². The molecule has 1 aromatic rings.